The molecule has 0 heterocycles. The first-order chi connectivity index (χ1) is 5.48. The van der Waals surface area contributed by atoms with E-state index in [4.69, 9.17) is 0 Å². The summed E-state index contributed by atoms with van der Waals surface area (Å²) in [6.07, 6.45) is -1.21. The van der Waals surface area contributed by atoms with Gasteiger partial charge in [-0.25, -0.2) is 4.79 Å². The van der Waals surface area contributed by atoms with Gasteiger partial charge >= 0.3 is 12.1 Å². The molecule has 0 aliphatic rings. The SMILES string of the molecule is CC/C=C\COC(=O)C(F)(F)F. The van der Waals surface area contributed by atoms with Crippen LogP contribution >= 0.6 is 0 Å². The predicted octanol–water partition coefficient (Wildman–Crippen LogP) is 2.06. The first-order valence-corrected chi connectivity index (χ1v) is 3.37. The maximum absolute atomic E-state index is 11.5. The fourth-order valence-corrected chi connectivity index (χ4v) is 0.440. The van der Waals surface area contributed by atoms with E-state index in [1.807, 2.05) is 6.92 Å². The van der Waals surface area contributed by atoms with Crippen LogP contribution in [0.15, 0.2) is 12.2 Å². The van der Waals surface area contributed by atoms with Crippen LogP contribution in [0.1, 0.15) is 13.3 Å². The van der Waals surface area contributed by atoms with Gasteiger partial charge in [-0.1, -0.05) is 19.1 Å². The standard InChI is InChI=1S/C7H9F3O2/c1-2-3-4-5-12-6(11)7(8,9)10/h3-4H,2,5H2,1H3/b4-3-. The Balaban J connectivity index is 3.66. The highest BCUT2D eigenvalue weighted by Gasteiger charge is 2.40. The van der Waals surface area contributed by atoms with Gasteiger partial charge in [0.25, 0.3) is 0 Å². The Morgan fingerprint density at radius 3 is 2.42 bits per heavy atom. The highest BCUT2D eigenvalue weighted by atomic mass is 19.4. The number of ether oxygens (including phenoxy) is 1. The topological polar surface area (TPSA) is 26.3 Å². The number of rotatable bonds is 3. The summed E-state index contributed by atoms with van der Waals surface area (Å²) >= 11 is 0. The highest BCUT2D eigenvalue weighted by molar-refractivity contribution is 5.75. The van der Waals surface area contributed by atoms with Crippen LogP contribution in [0.2, 0.25) is 0 Å². The summed E-state index contributed by atoms with van der Waals surface area (Å²) in [6, 6.07) is 0. The number of halogens is 3. The van der Waals surface area contributed by atoms with Crippen molar-refractivity contribution in [2.24, 2.45) is 0 Å². The van der Waals surface area contributed by atoms with Gasteiger partial charge < -0.3 is 4.74 Å². The maximum atomic E-state index is 11.5. The number of allylic oxidation sites excluding steroid dienone is 1. The van der Waals surface area contributed by atoms with Crippen molar-refractivity contribution >= 4 is 5.97 Å². The molecule has 0 amide bonds. The van der Waals surface area contributed by atoms with Crippen molar-refractivity contribution < 1.29 is 22.7 Å². The van der Waals surface area contributed by atoms with Gasteiger partial charge in [-0.2, -0.15) is 13.2 Å². The highest BCUT2D eigenvalue weighted by Crippen LogP contribution is 2.16. The Bertz CT molecular complexity index is 172. The molecule has 0 saturated heterocycles. The summed E-state index contributed by atoms with van der Waals surface area (Å²) in [5.41, 5.74) is 0. The van der Waals surface area contributed by atoms with Crippen LogP contribution in [0.3, 0.4) is 0 Å². The fourth-order valence-electron chi connectivity index (χ4n) is 0.440. The number of hydrogen-bond donors (Lipinski definition) is 0. The van der Waals surface area contributed by atoms with Gasteiger partial charge in [-0.15, -0.1) is 0 Å². The molecular formula is C7H9F3O2. The normalized spacial score (nSPS) is 12.0. The molecule has 0 radical (unpaired) electrons. The molecule has 12 heavy (non-hydrogen) atoms. The van der Waals surface area contributed by atoms with Gasteiger partial charge in [0.15, 0.2) is 0 Å². The molecule has 0 fully saturated rings. The second kappa shape index (κ2) is 4.79. The third-order valence-electron chi connectivity index (χ3n) is 0.944. The number of esters is 1. The molecule has 0 aliphatic carbocycles. The second-order valence-corrected chi connectivity index (χ2v) is 1.98. The first kappa shape index (κ1) is 11.0. The number of carbonyl (C=O) groups is 1. The second-order valence-electron chi connectivity index (χ2n) is 1.98. The van der Waals surface area contributed by atoms with Crippen molar-refractivity contribution in [1.82, 2.24) is 0 Å². The molecule has 5 heteroatoms. The molecular weight excluding hydrogens is 173 g/mol. The molecule has 0 aliphatic heterocycles. The molecule has 2 nitrogen and oxygen atoms in total. The maximum Gasteiger partial charge on any atom is 0.490 e. The zero-order valence-electron chi connectivity index (χ0n) is 6.52. The molecule has 0 unspecified atom stereocenters. The minimum atomic E-state index is -4.89. The van der Waals surface area contributed by atoms with Crippen molar-refractivity contribution in [2.45, 2.75) is 19.5 Å². The van der Waals surface area contributed by atoms with Crippen LogP contribution in [-0.2, 0) is 9.53 Å². The van der Waals surface area contributed by atoms with E-state index in [1.165, 1.54) is 6.08 Å². The fraction of sp³-hybridized carbons (Fsp3) is 0.571. The van der Waals surface area contributed by atoms with Gasteiger partial charge in [-0.05, 0) is 6.42 Å². The summed E-state index contributed by atoms with van der Waals surface area (Å²) in [5.74, 6) is -2.15. The number of carbonyl (C=O) groups excluding carboxylic acids is 1. The van der Waals surface area contributed by atoms with E-state index in [2.05, 4.69) is 4.74 Å². The molecule has 0 atom stereocenters. The molecule has 0 bridgehead atoms. The molecule has 0 saturated carbocycles. The van der Waals surface area contributed by atoms with Crippen LogP contribution in [0.5, 0.6) is 0 Å². The Morgan fingerprint density at radius 1 is 1.42 bits per heavy atom. The van der Waals surface area contributed by atoms with E-state index in [0.29, 0.717) is 6.42 Å². The van der Waals surface area contributed by atoms with Gasteiger partial charge in [-0.3, -0.25) is 0 Å². The lowest BCUT2D eigenvalue weighted by Gasteiger charge is -2.03. The Kier molecular flexibility index (Phi) is 4.39. The predicted molar refractivity (Wildman–Crippen MR) is 36.4 cm³/mol. The molecule has 0 spiro atoms. The summed E-state index contributed by atoms with van der Waals surface area (Å²) in [5, 5.41) is 0. The van der Waals surface area contributed by atoms with E-state index in [0.717, 1.165) is 0 Å². The smallest absolute Gasteiger partial charge is 0.455 e. The van der Waals surface area contributed by atoms with Crippen LogP contribution in [0, 0.1) is 0 Å². The van der Waals surface area contributed by atoms with Gasteiger partial charge in [0.05, 0.1) is 0 Å². The van der Waals surface area contributed by atoms with E-state index in [1.54, 1.807) is 6.08 Å². The quantitative estimate of drug-likeness (QED) is 0.493. The van der Waals surface area contributed by atoms with Crippen molar-refractivity contribution in [1.29, 1.82) is 0 Å². The lowest BCUT2D eigenvalue weighted by Crippen LogP contribution is -2.25. The van der Waals surface area contributed by atoms with Gasteiger partial charge in [0.2, 0.25) is 0 Å². The third kappa shape index (κ3) is 4.76. The summed E-state index contributed by atoms with van der Waals surface area (Å²) in [4.78, 5) is 10.0. The monoisotopic (exact) mass is 182 g/mol. The lowest BCUT2D eigenvalue weighted by atomic mass is 10.4. The van der Waals surface area contributed by atoms with Crippen LogP contribution in [-0.4, -0.2) is 18.8 Å². The molecule has 0 rings (SSSR count). The Morgan fingerprint density at radius 2 is 2.00 bits per heavy atom. The molecule has 70 valence electrons. The van der Waals surface area contributed by atoms with Crippen LogP contribution < -0.4 is 0 Å². The summed E-state index contributed by atoms with van der Waals surface area (Å²) in [6.45, 7) is 1.49. The van der Waals surface area contributed by atoms with Crippen LogP contribution in [0.4, 0.5) is 13.2 Å². The lowest BCUT2D eigenvalue weighted by molar-refractivity contribution is -0.198. The van der Waals surface area contributed by atoms with E-state index in [9.17, 15) is 18.0 Å². The van der Waals surface area contributed by atoms with Crippen molar-refractivity contribution in [3.8, 4) is 0 Å². The average Bonchev–Trinajstić information content (AvgIpc) is 1.96. The molecule has 0 aromatic carbocycles. The van der Waals surface area contributed by atoms with Crippen molar-refractivity contribution in [2.75, 3.05) is 6.61 Å². The summed E-state index contributed by atoms with van der Waals surface area (Å²) < 4.78 is 38.2. The molecule has 0 aromatic rings. The molecule has 0 N–H and O–H groups in total. The largest absolute Gasteiger partial charge is 0.490 e. The minimum Gasteiger partial charge on any atom is -0.455 e. The molecule has 0 aromatic heterocycles. The first-order valence-electron chi connectivity index (χ1n) is 3.37. The average molecular weight is 182 g/mol. The zero-order valence-corrected chi connectivity index (χ0v) is 6.52. The van der Waals surface area contributed by atoms with Crippen molar-refractivity contribution in [3.63, 3.8) is 0 Å². The van der Waals surface area contributed by atoms with Gasteiger partial charge in [0.1, 0.15) is 6.61 Å². The minimum absolute atomic E-state index is 0.327. The van der Waals surface area contributed by atoms with E-state index in [-0.39, 0.29) is 6.61 Å². The van der Waals surface area contributed by atoms with Gasteiger partial charge in [0, 0.05) is 0 Å². The number of alkyl halides is 3. The van der Waals surface area contributed by atoms with Crippen molar-refractivity contribution in [3.05, 3.63) is 12.2 Å². The number of hydrogen-bond acceptors (Lipinski definition) is 2. The van der Waals surface area contributed by atoms with E-state index >= 15 is 0 Å². The van der Waals surface area contributed by atoms with E-state index < -0.39 is 12.1 Å². The van der Waals surface area contributed by atoms with Crippen LogP contribution in [0.25, 0.3) is 0 Å². The zero-order chi connectivity index (χ0) is 9.61. The summed E-state index contributed by atoms with van der Waals surface area (Å²) in [7, 11) is 0. The Labute approximate surface area is 68.0 Å². The Hall–Kier alpha value is -1.00. The third-order valence-corrected chi connectivity index (χ3v) is 0.944.